The van der Waals surface area contributed by atoms with Crippen molar-refractivity contribution in [2.75, 3.05) is 0 Å². The molecular formula is C8H7BrN4. The average molecular weight is 239 g/mol. The second-order valence-corrected chi connectivity index (χ2v) is 2.96. The molecule has 0 aliphatic heterocycles. The topological polar surface area (TPSA) is 43.6 Å². The fraction of sp³-hybridized carbons (Fsp3) is 0.125. The molecule has 0 radical (unpaired) electrons. The molecule has 0 atom stereocenters. The van der Waals surface area contributed by atoms with Gasteiger partial charge < -0.3 is 0 Å². The van der Waals surface area contributed by atoms with Gasteiger partial charge in [-0.1, -0.05) is 15.9 Å². The van der Waals surface area contributed by atoms with Crippen LogP contribution in [0.3, 0.4) is 0 Å². The Morgan fingerprint density at radius 1 is 1.15 bits per heavy atom. The Labute approximate surface area is 83.8 Å². The predicted octanol–water partition coefficient (Wildman–Crippen LogP) is 1.56. The van der Waals surface area contributed by atoms with Gasteiger partial charge in [0, 0.05) is 24.8 Å². The summed E-state index contributed by atoms with van der Waals surface area (Å²) in [4.78, 5) is 12.4. The Kier molecular flexibility index (Phi) is 2.35. The number of nitrogens with zero attached hydrogens (tertiary/aromatic N) is 4. The highest BCUT2D eigenvalue weighted by Crippen LogP contribution is 2.07. The van der Waals surface area contributed by atoms with Crippen molar-refractivity contribution in [1.82, 2.24) is 19.5 Å². The molecule has 0 aliphatic rings. The number of aromatic nitrogens is 4. The molecule has 0 fully saturated rings. The van der Waals surface area contributed by atoms with Crippen molar-refractivity contribution in [1.29, 1.82) is 0 Å². The maximum atomic E-state index is 4.15. The molecule has 0 bridgehead atoms. The highest BCUT2D eigenvalue weighted by atomic mass is 79.9. The maximum Gasteiger partial charge on any atom is 0.235 e. The largest absolute Gasteiger partial charge is 0.271 e. The van der Waals surface area contributed by atoms with Gasteiger partial charge in [0.2, 0.25) is 5.95 Å². The van der Waals surface area contributed by atoms with E-state index in [0.29, 0.717) is 11.3 Å². The van der Waals surface area contributed by atoms with Crippen LogP contribution in [0.4, 0.5) is 0 Å². The molecule has 0 unspecified atom stereocenters. The van der Waals surface area contributed by atoms with Gasteiger partial charge in [-0.05, 0) is 6.07 Å². The monoisotopic (exact) mass is 238 g/mol. The molecule has 0 amide bonds. The standard InChI is InChI=1S/C8H7BrN4/c9-6-7-10-4-5-13(7)8-11-2-1-3-12-8/h1-5H,6H2. The Hall–Kier alpha value is -1.23. The van der Waals surface area contributed by atoms with E-state index < -0.39 is 0 Å². The van der Waals surface area contributed by atoms with E-state index in [1.165, 1.54) is 0 Å². The average Bonchev–Trinajstić information content (AvgIpc) is 2.67. The first-order chi connectivity index (χ1) is 6.42. The van der Waals surface area contributed by atoms with Gasteiger partial charge in [0.25, 0.3) is 0 Å². The minimum Gasteiger partial charge on any atom is -0.271 e. The fourth-order valence-corrected chi connectivity index (χ4v) is 1.45. The summed E-state index contributed by atoms with van der Waals surface area (Å²) in [6, 6.07) is 1.79. The molecule has 2 rings (SSSR count). The van der Waals surface area contributed by atoms with Crippen molar-refractivity contribution in [3.63, 3.8) is 0 Å². The molecule has 0 N–H and O–H groups in total. The number of alkyl halides is 1. The molecule has 0 spiro atoms. The normalized spacial score (nSPS) is 10.2. The summed E-state index contributed by atoms with van der Waals surface area (Å²) in [5.41, 5.74) is 0. The van der Waals surface area contributed by atoms with Gasteiger partial charge in [-0.15, -0.1) is 0 Å². The van der Waals surface area contributed by atoms with Crippen molar-refractivity contribution >= 4 is 15.9 Å². The molecule has 0 aliphatic carbocycles. The quantitative estimate of drug-likeness (QED) is 0.747. The summed E-state index contributed by atoms with van der Waals surface area (Å²) in [5, 5.41) is 0.693. The highest BCUT2D eigenvalue weighted by Gasteiger charge is 2.03. The van der Waals surface area contributed by atoms with Gasteiger partial charge in [-0.3, -0.25) is 4.57 Å². The van der Waals surface area contributed by atoms with Crippen LogP contribution >= 0.6 is 15.9 Å². The fourth-order valence-electron chi connectivity index (χ4n) is 1.03. The van der Waals surface area contributed by atoms with Crippen LogP contribution in [-0.2, 0) is 5.33 Å². The summed E-state index contributed by atoms with van der Waals surface area (Å²) < 4.78 is 1.84. The molecule has 2 heterocycles. The summed E-state index contributed by atoms with van der Waals surface area (Å²) in [6.45, 7) is 0. The van der Waals surface area contributed by atoms with Crippen molar-refractivity contribution in [3.8, 4) is 5.95 Å². The van der Waals surface area contributed by atoms with Crippen LogP contribution in [0, 0.1) is 0 Å². The number of halogens is 1. The lowest BCUT2D eigenvalue weighted by molar-refractivity contribution is 0.877. The second kappa shape index (κ2) is 3.66. The van der Waals surface area contributed by atoms with E-state index in [2.05, 4.69) is 30.9 Å². The number of imidazole rings is 1. The van der Waals surface area contributed by atoms with E-state index in [4.69, 9.17) is 0 Å². The van der Waals surface area contributed by atoms with E-state index in [-0.39, 0.29) is 0 Å². The van der Waals surface area contributed by atoms with Crippen LogP contribution in [0.15, 0.2) is 30.9 Å². The molecule has 0 saturated carbocycles. The first-order valence-corrected chi connectivity index (χ1v) is 4.89. The number of hydrogen-bond donors (Lipinski definition) is 0. The molecule has 13 heavy (non-hydrogen) atoms. The molecule has 2 aromatic heterocycles. The Morgan fingerprint density at radius 2 is 1.92 bits per heavy atom. The lowest BCUT2D eigenvalue weighted by atomic mass is 10.6. The van der Waals surface area contributed by atoms with Gasteiger partial charge in [-0.2, -0.15) is 0 Å². The summed E-state index contributed by atoms with van der Waals surface area (Å²) in [5.74, 6) is 1.54. The zero-order chi connectivity index (χ0) is 9.10. The minimum atomic E-state index is 0.648. The van der Waals surface area contributed by atoms with Gasteiger partial charge in [-0.25, -0.2) is 15.0 Å². The van der Waals surface area contributed by atoms with Crippen molar-refractivity contribution in [3.05, 3.63) is 36.7 Å². The Balaban J connectivity index is 2.47. The molecule has 0 aromatic carbocycles. The number of hydrogen-bond acceptors (Lipinski definition) is 3. The summed E-state index contributed by atoms with van der Waals surface area (Å²) in [6.07, 6.45) is 6.99. The summed E-state index contributed by atoms with van der Waals surface area (Å²) >= 11 is 3.35. The highest BCUT2D eigenvalue weighted by molar-refractivity contribution is 9.08. The van der Waals surface area contributed by atoms with Crippen molar-refractivity contribution < 1.29 is 0 Å². The van der Waals surface area contributed by atoms with Crippen molar-refractivity contribution in [2.24, 2.45) is 0 Å². The smallest absolute Gasteiger partial charge is 0.235 e. The molecular weight excluding hydrogens is 232 g/mol. The van der Waals surface area contributed by atoms with E-state index in [9.17, 15) is 0 Å². The first-order valence-electron chi connectivity index (χ1n) is 3.77. The molecule has 4 nitrogen and oxygen atoms in total. The van der Waals surface area contributed by atoms with Gasteiger partial charge in [0.05, 0.1) is 5.33 Å². The third-order valence-corrected chi connectivity index (χ3v) is 2.11. The van der Waals surface area contributed by atoms with Crippen LogP contribution in [0.2, 0.25) is 0 Å². The number of rotatable bonds is 2. The SMILES string of the molecule is BrCc1nccn1-c1ncccn1. The second-order valence-electron chi connectivity index (χ2n) is 2.40. The van der Waals surface area contributed by atoms with Crippen LogP contribution in [0.5, 0.6) is 0 Å². The third-order valence-electron chi connectivity index (χ3n) is 1.60. The first kappa shape index (κ1) is 8.37. The lowest BCUT2D eigenvalue weighted by Gasteiger charge is -2.01. The van der Waals surface area contributed by atoms with E-state index >= 15 is 0 Å². The van der Waals surface area contributed by atoms with Crippen LogP contribution < -0.4 is 0 Å². The minimum absolute atomic E-state index is 0.648. The predicted molar refractivity (Wildman–Crippen MR) is 51.8 cm³/mol. The Bertz CT molecular complexity index is 384. The molecule has 5 heteroatoms. The third kappa shape index (κ3) is 1.60. The maximum absolute atomic E-state index is 4.15. The van der Waals surface area contributed by atoms with Crippen LogP contribution in [-0.4, -0.2) is 19.5 Å². The molecule has 0 saturated heterocycles. The lowest BCUT2D eigenvalue weighted by Crippen LogP contribution is -2.02. The van der Waals surface area contributed by atoms with Crippen molar-refractivity contribution in [2.45, 2.75) is 5.33 Å². The molecule has 2 aromatic rings. The van der Waals surface area contributed by atoms with E-state index in [0.717, 1.165) is 5.82 Å². The van der Waals surface area contributed by atoms with Crippen LogP contribution in [0.25, 0.3) is 5.95 Å². The zero-order valence-electron chi connectivity index (χ0n) is 6.76. The molecule has 66 valence electrons. The van der Waals surface area contributed by atoms with Crippen LogP contribution in [0.1, 0.15) is 5.82 Å². The Morgan fingerprint density at radius 3 is 2.62 bits per heavy atom. The van der Waals surface area contributed by atoms with Gasteiger partial charge in [0.15, 0.2) is 0 Å². The van der Waals surface area contributed by atoms with Gasteiger partial charge >= 0.3 is 0 Å². The van der Waals surface area contributed by atoms with E-state index in [1.807, 2.05) is 10.8 Å². The van der Waals surface area contributed by atoms with Gasteiger partial charge in [0.1, 0.15) is 5.82 Å². The zero-order valence-corrected chi connectivity index (χ0v) is 8.35. The summed E-state index contributed by atoms with van der Waals surface area (Å²) in [7, 11) is 0. The van der Waals surface area contributed by atoms with E-state index in [1.54, 1.807) is 24.7 Å².